The third kappa shape index (κ3) is 7.03. The van der Waals surface area contributed by atoms with Crippen molar-refractivity contribution in [1.82, 2.24) is 20.4 Å². The Hall–Kier alpha value is -3.15. The summed E-state index contributed by atoms with van der Waals surface area (Å²) < 4.78 is 6.66. The van der Waals surface area contributed by atoms with Gasteiger partial charge in [-0.2, -0.15) is 0 Å². The minimum Gasteiger partial charge on any atom is -0.480 e. The lowest BCUT2D eigenvalue weighted by Crippen LogP contribution is -2.46. The van der Waals surface area contributed by atoms with Gasteiger partial charge in [-0.05, 0) is 16.7 Å². The lowest BCUT2D eigenvalue weighted by Gasteiger charge is -2.13. The third-order valence-corrected chi connectivity index (χ3v) is 4.05. The number of carbonyl (C=O) groups excluding carboxylic acids is 1. The molecule has 9 nitrogen and oxygen atoms in total. The molecular formula is C20H21IN5O4+. The number of halogens is 1. The number of aliphatic carboxylic acids is 1. The molecule has 10 heteroatoms. The Labute approximate surface area is 190 Å². The molecule has 2 aromatic heterocycles. The monoisotopic (exact) mass is 522 g/mol. The number of rotatable bonds is 8. The number of aromatic nitrogens is 4. The fourth-order valence-electron chi connectivity index (χ4n) is 2.52. The van der Waals surface area contributed by atoms with E-state index in [-0.39, 0.29) is 37.0 Å². The first-order valence-electron chi connectivity index (χ1n) is 8.95. The van der Waals surface area contributed by atoms with E-state index in [4.69, 9.17) is 4.74 Å². The summed E-state index contributed by atoms with van der Waals surface area (Å²) in [5, 5.41) is 16.0. The summed E-state index contributed by atoms with van der Waals surface area (Å²) in [5.41, 5.74) is 1.57. The molecule has 3 rings (SSSR count). The van der Waals surface area contributed by atoms with Crippen molar-refractivity contribution in [1.29, 1.82) is 0 Å². The van der Waals surface area contributed by atoms with Crippen molar-refractivity contribution in [3.8, 4) is 11.4 Å². The van der Waals surface area contributed by atoms with Crippen molar-refractivity contribution in [3.63, 3.8) is 0 Å². The van der Waals surface area contributed by atoms with Crippen LogP contribution in [0.3, 0.4) is 0 Å². The molecule has 3 aromatic rings. The van der Waals surface area contributed by atoms with E-state index < -0.39 is 18.1 Å². The van der Waals surface area contributed by atoms with E-state index in [1.807, 2.05) is 30.3 Å². The van der Waals surface area contributed by atoms with Gasteiger partial charge in [-0.15, -0.1) is 24.0 Å². The predicted octanol–water partition coefficient (Wildman–Crippen LogP) is 2.21. The molecule has 1 amide bonds. The van der Waals surface area contributed by atoms with Crippen LogP contribution in [0, 0.1) is 0 Å². The highest BCUT2D eigenvalue weighted by Crippen LogP contribution is 2.09. The van der Waals surface area contributed by atoms with Gasteiger partial charge in [0, 0.05) is 30.4 Å². The Bertz CT molecular complexity index is 942. The average Bonchev–Trinajstić information content (AvgIpc) is 2.76. The first-order chi connectivity index (χ1) is 14.1. The first kappa shape index (κ1) is 23.1. The third-order valence-electron chi connectivity index (χ3n) is 4.05. The Morgan fingerprint density at radius 1 is 1.10 bits per heavy atom. The van der Waals surface area contributed by atoms with Gasteiger partial charge in [-0.3, -0.25) is 0 Å². The number of nitrogens with one attached hydrogen (secondary N) is 1. The number of benzene rings is 1. The molecule has 30 heavy (non-hydrogen) atoms. The smallest absolute Gasteiger partial charge is 0.408 e. The molecule has 1 atom stereocenters. The number of hydrogen-bond acceptors (Lipinski definition) is 6. The van der Waals surface area contributed by atoms with Crippen molar-refractivity contribution in [2.24, 2.45) is 0 Å². The molecule has 0 saturated carbocycles. The van der Waals surface area contributed by atoms with E-state index in [0.717, 1.165) is 11.1 Å². The number of carboxylic acids is 1. The van der Waals surface area contributed by atoms with Crippen LogP contribution in [-0.4, -0.2) is 38.3 Å². The summed E-state index contributed by atoms with van der Waals surface area (Å²) in [4.78, 5) is 31.7. The maximum Gasteiger partial charge on any atom is 0.408 e. The standard InChI is InChI=1S/C20H19N5O4.HI/c26-19(27)17(24-20(28)29-14-15-5-2-1-3-6-15)8-12-25-11-7-16(13-23-25)18-21-9-4-10-22-18;/h1-7,9-11,13,17H,8,12,14H2,(H-,24,26,27,28);1H/p+1/t17-;/m0./s1. The molecule has 1 aromatic carbocycles. The summed E-state index contributed by atoms with van der Waals surface area (Å²) in [7, 11) is 0. The molecule has 0 aliphatic rings. The summed E-state index contributed by atoms with van der Waals surface area (Å²) in [6.45, 7) is 0.365. The molecule has 0 spiro atoms. The number of carbonyl (C=O) groups is 2. The van der Waals surface area contributed by atoms with Gasteiger partial charge in [0.25, 0.3) is 0 Å². The molecule has 0 fully saturated rings. The van der Waals surface area contributed by atoms with Crippen LogP contribution in [-0.2, 0) is 22.7 Å². The maximum atomic E-state index is 11.9. The molecule has 156 valence electrons. The number of nitrogens with zero attached hydrogens (tertiary/aromatic N) is 4. The van der Waals surface area contributed by atoms with Crippen molar-refractivity contribution in [2.45, 2.75) is 25.6 Å². The number of amides is 1. The number of hydrogen-bond donors (Lipinski definition) is 2. The fourth-order valence-corrected chi connectivity index (χ4v) is 2.52. The Morgan fingerprint density at radius 2 is 1.83 bits per heavy atom. The quantitative estimate of drug-likeness (QED) is 0.344. The minimum absolute atomic E-state index is 0. The second kappa shape index (κ2) is 11.8. The first-order valence-corrected chi connectivity index (χ1v) is 8.95. The number of carboxylic acid groups (broad SMARTS) is 1. The summed E-state index contributed by atoms with van der Waals surface area (Å²) in [6, 6.07) is 11.6. The number of aryl methyl sites for hydroxylation is 1. The fraction of sp³-hybridized carbons (Fsp3) is 0.200. The van der Waals surface area contributed by atoms with Gasteiger partial charge < -0.3 is 15.2 Å². The van der Waals surface area contributed by atoms with E-state index in [0.29, 0.717) is 12.4 Å². The van der Waals surface area contributed by atoms with Crippen molar-refractivity contribution in [2.75, 3.05) is 0 Å². The van der Waals surface area contributed by atoms with Gasteiger partial charge in [0.2, 0.25) is 0 Å². The number of ether oxygens (including phenoxy) is 1. The molecule has 0 unspecified atom stereocenters. The molecule has 0 aliphatic carbocycles. The van der Waals surface area contributed by atoms with Gasteiger partial charge in [0.1, 0.15) is 18.8 Å². The van der Waals surface area contributed by atoms with Crippen LogP contribution < -0.4 is 10.00 Å². The number of alkyl carbamates (subject to hydrolysis) is 1. The van der Waals surface area contributed by atoms with E-state index >= 15 is 0 Å². The van der Waals surface area contributed by atoms with Gasteiger partial charge >= 0.3 is 12.1 Å². The molecule has 0 bridgehead atoms. The lowest BCUT2D eigenvalue weighted by molar-refractivity contribution is -0.754. The Balaban J connectivity index is 0.00000320. The van der Waals surface area contributed by atoms with Crippen LogP contribution in [0.15, 0.2) is 67.3 Å². The van der Waals surface area contributed by atoms with Crippen LogP contribution in [0.1, 0.15) is 12.0 Å². The predicted molar refractivity (Wildman–Crippen MR) is 117 cm³/mol. The lowest BCUT2D eigenvalue weighted by atomic mass is 10.2. The largest absolute Gasteiger partial charge is 0.480 e. The van der Waals surface area contributed by atoms with Gasteiger partial charge in [0.05, 0.1) is 0 Å². The van der Waals surface area contributed by atoms with Crippen LogP contribution in [0.25, 0.3) is 11.4 Å². The van der Waals surface area contributed by atoms with Crippen LogP contribution in [0.2, 0.25) is 0 Å². The Morgan fingerprint density at radius 3 is 2.47 bits per heavy atom. The van der Waals surface area contributed by atoms with Crippen LogP contribution in [0.5, 0.6) is 0 Å². The molecule has 0 radical (unpaired) electrons. The highest BCUT2D eigenvalue weighted by atomic mass is 127. The van der Waals surface area contributed by atoms with Gasteiger partial charge in [-0.25, -0.2) is 19.6 Å². The molecular weight excluding hydrogens is 501 g/mol. The Kier molecular flexibility index (Phi) is 9.06. The summed E-state index contributed by atoms with van der Waals surface area (Å²) >= 11 is 0. The SMILES string of the molecule is I.O=C(N[C@@H](CC[n+]1ccc(-c2ncccn2)cn1)C(=O)O)OCc1ccccc1. The minimum atomic E-state index is -1.14. The maximum absolute atomic E-state index is 11.9. The zero-order valence-electron chi connectivity index (χ0n) is 15.9. The molecule has 2 heterocycles. The summed E-state index contributed by atoms with van der Waals surface area (Å²) in [5.74, 6) is -0.588. The molecule has 2 N–H and O–H groups in total. The second-order valence-corrected chi connectivity index (χ2v) is 6.14. The van der Waals surface area contributed by atoms with E-state index in [1.165, 1.54) is 0 Å². The normalized spacial score (nSPS) is 11.1. The zero-order valence-corrected chi connectivity index (χ0v) is 18.2. The average molecular weight is 522 g/mol. The molecule has 0 saturated heterocycles. The highest BCUT2D eigenvalue weighted by molar-refractivity contribution is 14.0. The van der Waals surface area contributed by atoms with Crippen LogP contribution in [0.4, 0.5) is 4.79 Å². The topological polar surface area (TPSA) is 118 Å². The van der Waals surface area contributed by atoms with E-state index in [2.05, 4.69) is 20.4 Å². The van der Waals surface area contributed by atoms with Crippen LogP contribution >= 0.6 is 24.0 Å². The van der Waals surface area contributed by atoms with Crippen molar-refractivity contribution < 1.29 is 24.1 Å². The van der Waals surface area contributed by atoms with Crippen molar-refractivity contribution >= 4 is 36.0 Å². The van der Waals surface area contributed by atoms with E-state index in [9.17, 15) is 14.7 Å². The van der Waals surface area contributed by atoms with Gasteiger partial charge in [0.15, 0.2) is 18.6 Å². The van der Waals surface area contributed by atoms with Gasteiger partial charge in [-0.1, -0.05) is 35.0 Å². The van der Waals surface area contributed by atoms with Crippen molar-refractivity contribution in [3.05, 3.63) is 72.8 Å². The van der Waals surface area contributed by atoms with E-state index in [1.54, 1.807) is 41.6 Å². The highest BCUT2D eigenvalue weighted by Gasteiger charge is 2.23. The second-order valence-electron chi connectivity index (χ2n) is 6.14. The summed E-state index contributed by atoms with van der Waals surface area (Å²) in [6.07, 6.45) is 5.96. The molecule has 0 aliphatic heterocycles. The zero-order chi connectivity index (χ0) is 20.5.